The average molecular weight is 1690 g/mol. The van der Waals surface area contributed by atoms with Crippen LogP contribution in [-0.4, -0.2) is 162 Å². The van der Waals surface area contributed by atoms with Crippen molar-refractivity contribution in [2.75, 3.05) is 90.4 Å². The molecule has 114 heavy (non-hydrogen) atoms. The highest BCUT2D eigenvalue weighted by Gasteiger charge is 2.29. The molecule has 0 spiro atoms. The Morgan fingerprint density at radius 3 is 0.798 bits per heavy atom. The monoisotopic (exact) mass is 1690 g/mol. The summed E-state index contributed by atoms with van der Waals surface area (Å²) in [4.78, 5) is 31.3. The van der Waals surface area contributed by atoms with E-state index in [9.17, 15) is 19.8 Å². The van der Waals surface area contributed by atoms with Gasteiger partial charge in [-0.05, 0) is 217 Å². The highest BCUT2D eigenvalue weighted by molar-refractivity contribution is 8.00. The van der Waals surface area contributed by atoms with Crippen LogP contribution in [0.5, 0.6) is 0 Å². The summed E-state index contributed by atoms with van der Waals surface area (Å²) in [5, 5.41) is 18.9. The fourth-order valence-corrected chi connectivity index (χ4v) is 21.9. The Bertz CT molecular complexity index is 1770. The van der Waals surface area contributed by atoms with E-state index in [2.05, 4.69) is 91.4 Å². The molecule has 0 aliphatic heterocycles. The molecule has 0 saturated carbocycles. The fraction of sp³-hybridized carbons (Fsp3) is 0.980. The summed E-state index contributed by atoms with van der Waals surface area (Å²) >= 11 is 3.68. The summed E-state index contributed by atoms with van der Waals surface area (Å²) in [5.74, 6) is 2.20. The van der Waals surface area contributed by atoms with E-state index in [0.29, 0.717) is 13.2 Å². The number of esters is 2. The number of carbonyl (C=O) groups excluding carboxylic acids is 2. The van der Waals surface area contributed by atoms with Crippen molar-refractivity contribution in [3.8, 4) is 0 Å². The molecule has 2 N–H and O–H groups in total. The quantitative estimate of drug-likeness (QED) is 0.0259. The first-order valence-electron chi connectivity index (χ1n) is 50.5. The molecule has 16 heteroatoms. The molecule has 4 unspecified atom stereocenters. The molecule has 0 aliphatic rings. The summed E-state index contributed by atoms with van der Waals surface area (Å²) in [7, 11) is -3.52. The number of aliphatic hydroxyl groups excluding tert-OH is 2. The zero-order valence-corrected chi connectivity index (χ0v) is 82.4. The summed E-state index contributed by atoms with van der Waals surface area (Å²) in [5.41, 5.74) is 0. The first kappa shape index (κ1) is 116. The number of ether oxygens (including phenoxy) is 4. The van der Waals surface area contributed by atoms with Gasteiger partial charge in [0.05, 0.1) is 13.2 Å². The highest BCUT2D eigenvalue weighted by atomic mass is 32.2. The summed E-state index contributed by atoms with van der Waals surface area (Å²) < 4.78 is 38.3. The van der Waals surface area contributed by atoms with E-state index in [1.165, 1.54) is 307 Å². The third kappa shape index (κ3) is 84.0. The minimum absolute atomic E-state index is 0.0140. The van der Waals surface area contributed by atoms with E-state index in [4.69, 9.17) is 27.8 Å². The maximum atomic E-state index is 13.0. The lowest BCUT2D eigenvalue weighted by Crippen LogP contribution is -2.37. The molecule has 4 atom stereocenters. The van der Waals surface area contributed by atoms with Crippen molar-refractivity contribution in [1.82, 2.24) is 9.80 Å². The van der Waals surface area contributed by atoms with Gasteiger partial charge in [0.25, 0.3) is 0 Å². The molecule has 0 saturated heterocycles. The van der Waals surface area contributed by atoms with Gasteiger partial charge in [-0.25, -0.2) is 0 Å². The predicted octanol–water partition coefficient (Wildman–Crippen LogP) is 30.1. The zero-order valence-electron chi connectivity index (χ0n) is 78.7. The number of nitrogens with zero attached hydrogens (tertiary/aromatic N) is 2. The van der Waals surface area contributed by atoms with Crippen LogP contribution < -0.4 is 0 Å². The lowest BCUT2D eigenvalue weighted by atomic mass is 10.1. The first-order valence-corrected chi connectivity index (χ1v) is 58.8. The van der Waals surface area contributed by atoms with Crippen LogP contribution in [0.3, 0.4) is 0 Å². The van der Waals surface area contributed by atoms with Gasteiger partial charge >= 0.3 is 11.9 Å². The first-order chi connectivity index (χ1) is 55.7. The van der Waals surface area contributed by atoms with Gasteiger partial charge in [0.2, 0.25) is 0 Å². The lowest BCUT2D eigenvalue weighted by molar-refractivity contribution is -0.144. The summed E-state index contributed by atoms with van der Waals surface area (Å²) in [6.07, 6.45) is 77.8. The minimum atomic E-state index is -1.76. The van der Waals surface area contributed by atoms with Crippen molar-refractivity contribution >= 4 is 52.1 Å². The molecule has 0 rings (SSSR count). The van der Waals surface area contributed by atoms with E-state index in [-0.39, 0.29) is 48.2 Å². The molecule has 0 aromatic rings. The van der Waals surface area contributed by atoms with Crippen LogP contribution in [0, 0.1) is 0 Å². The second kappa shape index (κ2) is 91.9. The van der Waals surface area contributed by atoms with E-state index in [1.54, 1.807) is 0 Å². The van der Waals surface area contributed by atoms with E-state index < -0.39 is 16.6 Å². The molecule has 0 heterocycles. The van der Waals surface area contributed by atoms with Crippen molar-refractivity contribution in [1.29, 1.82) is 0 Å². The van der Waals surface area contributed by atoms with Crippen LogP contribution in [-0.2, 0) is 37.4 Å². The summed E-state index contributed by atoms with van der Waals surface area (Å²) in [6.45, 7) is 37.7. The maximum Gasteiger partial charge on any atom is 0.319 e. The van der Waals surface area contributed by atoms with Gasteiger partial charge in [-0.3, -0.25) is 9.59 Å². The van der Waals surface area contributed by atoms with Crippen molar-refractivity contribution < 1.29 is 47.6 Å². The molecule has 0 fully saturated rings. The largest absolute Gasteiger partial charge is 0.465 e. The molecule has 0 aliphatic carbocycles. The third-order valence-corrected chi connectivity index (χ3v) is 30.5. The normalized spacial score (nSPS) is 13.1. The van der Waals surface area contributed by atoms with Gasteiger partial charge in [0.15, 0.2) is 16.6 Å². The molecule has 0 amide bonds. The van der Waals surface area contributed by atoms with Crippen molar-refractivity contribution in [3.05, 3.63) is 0 Å². The second-order valence-corrected chi connectivity index (χ2v) is 46.7. The van der Waals surface area contributed by atoms with Crippen molar-refractivity contribution in [2.45, 2.75) is 528 Å². The number of unbranched alkanes of at least 4 members (excludes halogenated alkanes) is 46. The van der Waals surface area contributed by atoms with Gasteiger partial charge in [-0.1, -0.05) is 338 Å². The van der Waals surface area contributed by atoms with Gasteiger partial charge in [0, 0.05) is 26.4 Å². The second-order valence-electron chi connectivity index (χ2n) is 35.6. The van der Waals surface area contributed by atoms with Crippen LogP contribution >= 0.6 is 23.5 Å². The van der Waals surface area contributed by atoms with E-state index in [0.717, 1.165) is 180 Å². The highest BCUT2D eigenvalue weighted by Crippen LogP contribution is 2.28. The molecular formula is C98H202N2O10S2Si2. The Morgan fingerprint density at radius 1 is 0.272 bits per heavy atom. The number of thioether (sulfide) groups is 2. The molecule has 0 aromatic heterocycles. The smallest absolute Gasteiger partial charge is 0.319 e. The van der Waals surface area contributed by atoms with Crippen LogP contribution in [0.4, 0.5) is 0 Å². The predicted molar refractivity (Wildman–Crippen MR) is 509 cm³/mol. The topological polar surface area (TPSA) is 136 Å². The molecule has 0 radical (unpaired) electrons. The third-order valence-electron chi connectivity index (χ3n) is 22.9. The number of hydrogen-bond donors (Lipinski definition) is 2. The number of aliphatic hydroxyl groups is 2. The molecule has 0 aromatic carbocycles. The lowest BCUT2D eigenvalue weighted by Gasteiger charge is -2.30. The average Bonchev–Trinajstić information content (AvgIpc) is 0.912. The van der Waals surface area contributed by atoms with Crippen LogP contribution in [0.15, 0.2) is 0 Å². The number of rotatable bonds is 94. The van der Waals surface area contributed by atoms with Crippen LogP contribution in [0.1, 0.15) is 466 Å². The van der Waals surface area contributed by atoms with Crippen molar-refractivity contribution in [2.24, 2.45) is 0 Å². The Morgan fingerprint density at radius 2 is 0.500 bits per heavy atom. The summed E-state index contributed by atoms with van der Waals surface area (Å²) in [6, 6.07) is 2.48. The Kier molecular flexibility index (Phi) is 93.4. The maximum absolute atomic E-state index is 13.0. The number of carbonyl (C=O) groups is 2. The number of hydrogen-bond acceptors (Lipinski definition) is 14. The van der Waals surface area contributed by atoms with Gasteiger partial charge in [-0.2, -0.15) is 0 Å². The molecular weight excluding hydrogens is 1490 g/mol. The standard InChI is InChI=1S/2C49H101NO5SSi/c2*1-7-11-15-18-21-27-37-47(56-45-35-14-10-4)49(52)54-44-34-24-22-29-39-50(41-31-32-42-51)40-30-26-28-38-48(53-43-33-23-19-16-12-8-2)55-57(5,6)46-36-25-20-17-13-9-3/h2*47-48,51H,7-46H2,1-6H3. The Labute approximate surface area is 723 Å². The SMILES string of the molecule is CCCCCCCCOC(CCCCCN(CCCCO)CCCCCCOC(=O)C(CCCCCCCC)SCCCCC)O[Si](C)(C)CCCCCCCC.CCCCCCCCOC(CCCCCN(CCCCO)CCCCCCOC(=O)C(CCCCCCCC)SCCCCC)O[Si](C)(C)CCCCCCCC. The van der Waals surface area contributed by atoms with Crippen molar-refractivity contribution in [3.63, 3.8) is 0 Å². The minimum Gasteiger partial charge on any atom is -0.465 e. The molecule has 12 nitrogen and oxygen atoms in total. The fourth-order valence-electron chi connectivity index (χ4n) is 15.3. The van der Waals surface area contributed by atoms with Crippen LogP contribution in [0.25, 0.3) is 0 Å². The zero-order chi connectivity index (χ0) is 83.8. The molecule has 0 bridgehead atoms. The Balaban J connectivity index is 0. The molecule has 684 valence electrons. The van der Waals surface area contributed by atoms with Gasteiger partial charge < -0.3 is 47.8 Å². The van der Waals surface area contributed by atoms with Gasteiger partial charge in [-0.15, -0.1) is 23.5 Å². The van der Waals surface area contributed by atoms with Gasteiger partial charge in [0.1, 0.15) is 23.1 Å². The van der Waals surface area contributed by atoms with E-state index >= 15 is 0 Å². The van der Waals surface area contributed by atoms with E-state index in [1.807, 2.05) is 23.5 Å². The Hall–Kier alpha value is -0.246. The van der Waals surface area contributed by atoms with Crippen LogP contribution in [0.2, 0.25) is 38.3 Å².